The standard InChI is InChI=1S/C5H13N3O3S/c1-7-5(6)8(2)3-4-12(9,10)11/h3-4H2,1-2H3,(H2,6,7)(H,9,10,11). The van der Waals surface area contributed by atoms with Gasteiger partial charge in [-0.1, -0.05) is 0 Å². The maximum atomic E-state index is 10.3. The Morgan fingerprint density at radius 1 is 1.67 bits per heavy atom. The van der Waals surface area contributed by atoms with E-state index in [2.05, 4.69) is 5.32 Å². The molecule has 0 saturated heterocycles. The lowest BCUT2D eigenvalue weighted by molar-refractivity contribution is 0.460. The van der Waals surface area contributed by atoms with Crippen molar-refractivity contribution in [3.05, 3.63) is 0 Å². The van der Waals surface area contributed by atoms with Crippen molar-refractivity contribution in [3.63, 3.8) is 0 Å². The molecule has 72 valence electrons. The molecule has 0 heterocycles. The van der Waals surface area contributed by atoms with Crippen LogP contribution in [0.4, 0.5) is 0 Å². The Morgan fingerprint density at radius 2 is 2.17 bits per heavy atom. The summed E-state index contributed by atoms with van der Waals surface area (Å²) < 4.78 is 28.9. The van der Waals surface area contributed by atoms with Gasteiger partial charge in [0, 0.05) is 20.6 Å². The molecule has 7 heteroatoms. The molecule has 0 aromatic carbocycles. The van der Waals surface area contributed by atoms with Gasteiger partial charge in [-0.3, -0.25) is 9.96 Å². The summed E-state index contributed by atoms with van der Waals surface area (Å²) in [5.74, 6) is -0.258. The zero-order valence-electron chi connectivity index (χ0n) is 7.03. The third kappa shape index (κ3) is 4.91. The van der Waals surface area contributed by atoms with Gasteiger partial charge in [-0.05, 0) is 0 Å². The first-order chi connectivity index (χ1) is 5.37. The Kier molecular flexibility index (Phi) is 3.98. The van der Waals surface area contributed by atoms with Crippen molar-refractivity contribution in [2.45, 2.75) is 0 Å². The molecule has 0 aromatic heterocycles. The predicted molar refractivity (Wildman–Crippen MR) is 45.8 cm³/mol. The van der Waals surface area contributed by atoms with E-state index in [1.165, 1.54) is 4.90 Å². The van der Waals surface area contributed by atoms with Gasteiger partial charge in [-0.15, -0.1) is 0 Å². The van der Waals surface area contributed by atoms with Gasteiger partial charge >= 0.3 is 0 Å². The van der Waals surface area contributed by atoms with Gasteiger partial charge in [-0.25, -0.2) is 0 Å². The van der Waals surface area contributed by atoms with Crippen LogP contribution >= 0.6 is 0 Å². The second-order valence-corrected chi connectivity index (χ2v) is 3.88. The highest BCUT2D eigenvalue weighted by atomic mass is 32.2. The zero-order chi connectivity index (χ0) is 9.78. The van der Waals surface area contributed by atoms with E-state index in [0.717, 1.165) is 0 Å². The molecule has 0 atom stereocenters. The van der Waals surface area contributed by atoms with Crippen LogP contribution in [0.25, 0.3) is 0 Å². The van der Waals surface area contributed by atoms with Crippen molar-refractivity contribution in [3.8, 4) is 0 Å². The molecule has 6 nitrogen and oxygen atoms in total. The van der Waals surface area contributed by atoms with Crippen LogP contribution in [0, 0.1) is 5.41 Å². The first-order valence-corrected chi connectivity index (χ1v) is 4.90. The summed E-state index contributed by atoms with van der Waals surface area (Å²) in [7, 11) is -0.806. The van der Waals surface area contributed by atoms with Crippen LogP contribution in [0.2, 0.25) is 0 Å². The van der Waals surface area contributed by atoms with Gasteiger partial charge in [0.15, 0.2) is 5.96 Å². The maximum absolute atomic E-state index is 10.3. The Bertz CT molecular complexity index is 249. The smallest absolute Gasteiger partial charge is 0.266 e. The molecule has 0 aromatic rings. The third-order valence-electron chi connectivity index (χ3n) is 1.30. The van der Waals surface area contributed by atoms with Gasteiger partial charge < -0.3 is 10.2 Å². The van der Waals surface area contributed by atoms with Gasteiger partial charge in [0.2, 0.25) is 0 Å². The van der Waals surface area contributed by atoms with E-state index >= 15 is 0 Å². The molecule has 0 unspecified atom stereocenters. The molecule has 0 bridgehead atoms. The molecule has 0 rings (SSSR count). The van der Waals surface area contributed by atoms with E-state index in [0.29, 0.717) is 0 Å². The first kappa shape index (κ1) is 11.2. The molecule has 0 spiro atoms. The summed E-state index contributed by atoms with van der Waals surface area (Å²) in [6.45, 7) is 0.0957. The summed E-state index contributed by atoms with van der Waals surface area (Å²) in [6, 6.07) is 0. The van der Waals surface area contributed by atoms with E-state index in [1.807, 2.05) is 0 Å². The number of nitrogens with zero attached hydrogens (tertiary/aromatic N) is 1. The lowest BCUT2D eigenvalue weighted by Gasteiger charge is -2.17. The van der Waals surface area contributed by atoms with Crippen LogP contribution in [-0.2, 0) is 10.1 Å². The van der Waals surface area contributed by atoms with Gasteiger partial charge in [0.1, 0.15) is 0 Å². The molecular formula is C5H13N3O3S. The average Bonchev–Trinajstić information content (AvgIpc) is 1.97. The Hall–Kier alpha value is -0.820. The molecule has 0 saturated carbocycles. The molecule has 0 fully saturated rings. The predicted octanol–water partition coefficient (Wildman–Crippen LogP) is -1.04. The van der Waals surface area contributed by atoms with Gasteiger partial charge in [0.05, 0.1) is 5.75 Å². The Labute approximate surface area is 71.8 Å². The number of guanidine groups is 1. The lowest BCUT2D eigenvalue weighted by atomic mass is 10.6. The van der Waals surface area contributed by atoms with Gasteiger partial charge in [0.25, 0.3) is 10.1 Å². The fourth-order valence-corrected chi connectivity index (χ4v) is 1.06. The van der Waals surface area contributed by atoms with Crippen molar-refractivity contribution in [1.82, 2.24) is 10.2 Å². The van der Waals surface area contributed by atoms with Crippen LogP contribution in [0.1, 0.15) is 0 Å². The number of hydrogen-bond acceptors (Lipinski definition) is 3. The van der Waals surface area contributed by atoms with Crippen LogP contribution in [0.3, 0.4) is 0 Å². The lowest BCUT2D eigenvalue weighted by Crippen LogP contribution is -2.38. The summed E-state index contributed by atoms with van der Waals surface area (Å²) in [5.41, 5.74) is 0. The number of nitrogens with one attached hydrogen (secondary N) is 2. The fraction of sp³-hybridized carbons (Fsp3) is 0.800. The fourth-order valence-electron chi connectivity index (χ4n) is 0.555. The first-order valence-electron chi connectivity index (χ1n) is 3.29. The molecular weight excluding hydrogens is 182 g/mol. The van der Waals surface area contributed by atoms with E-state index < -0.39 is 10.1 Å². The monoisotopic (exact) mass is 195 g/mol. The molecule has 12 heavy (non-hydrogen) atoms. The van der Waals surface area contributed by atoms with E-state index in [9.17, 15) is 8.42 Å². The minimum Gasteiger partial charge on any atom is -0.359 e. The second-order valence-electron chi connectivity index (χ2n) is 2.31. The molecule has 0 aliphatic rings. The highest BCUT2D eigenvalue weighted by Gasteiger charge is 2.08. The summed E-state index contributed by atoms with van der Waals surface area (Å²) >= 11 is 0. The van der Waals surface area contributed by atoms with E-state index in [1.54, 1.807) is 14.1 Å². The van der Waals surface area contributed by atoms with Crippen molar-refractivity contribution in [2.75, 3.05) is 26.4 Å². The molecule has 0 radical (unpaired) electrons. The summed E-state index contributed by atoms with van der Waals surface area (Å²) in [5, 5.41) is 9.72. The highest BCUT2D eigenvalue weighted by molar-refractivity contribution is 7.85. The van der Waals surface area contributed by atoms with Gasteiger partial charge in [-0.2, -0.15) is 8.42 Å². The summed E-state index contributed by atoms with van der Waals surface area (Å²) in [6.07, 6.45) is 0. The van der Waals surface area contributed by atoms with Crippen molar-refractivity contribution < 1.29 is 13.0 Å². The Balaban J connectivity index is 3.88. The maximum Gasteiger partial charge on any atom is 0.266 e. The second kappa shape index (κ2) is 4.27. The minimum atomic E-state index is -3.93. The van der Waals surface area contributed by atoms with Crippen molar-refractivity contribution >= 4 is 16.1 Å². The molecule has 0 aliphatic heterocycles. The average molecular weight is 195 g/mol. The minimum absolute atomic E-state index is 0.0957. The van der Waals surface area contributed by atoms with Crippen molar-refractivity contribution in [2.24, 2.45) is 0 Å². The number of rotatable bonds is 3. The number of hydrogen-bond donors (Lipinski definition) is 3. The van der Waals surface area contributed by atoms with Crippen LogP contribution in [-0.4, -0.2) is 50.2 Å². The molecule has 0 amide bonds. The van der Waals surface area contributed by atoms with Crippen LogP contribution in [0.15, 0.2) is 0 Å². The van der Waals surface area contributed by atoms with Crippen molar-refractivity contribution in [1.29, 1.82) is 5.41 Å². The zero-order valence-corrected chi connectivity index (χ0v) is 7.85. The highest BCUT2D eigenvalue weighted by Crippen LogP contribution is 1.86. The summed E-state index contributed by atoms with van der Waals surface area (Å²) in [4.78, 5) is 1.38. The largest absolute Gasteiger partial charge is 0.359 e. The quantitative estimate of drug-likeness (QED) is 0.304. The third-order valence-corrected chi connectivity index (χ3v) is 2.00. The van der Waals surface area contributed by atoms with Crippen LogP contribution < -0.4 is 5.32 Å². The molecule has 0 aliphatic carbocycles. The van der Waals surface area contributed by atoms with E-state index in [-0.39, 0.29) is 18.3 Å². The SMILES string of the molecule is CNC(=N)N(C)CCS(=O)(=O)O. The topological polar surface area (TPSA) is 93.5 Å². The van der Waals surface area contributed by atoms with E-state index in [4.69, 9.17) is 9.96 Å². The van der Waals surface area contributed by atoms with Crippen LogP contribution in [0.5, 0.6) is 0 Å². The Morgan fingerprint density at radius 3 is 2.50 bits per heavy atom. The normalized spacial score (nSPS) is 10.9. The molecule has 3 N–H and O–H groups in total.